The lowest BCUT2D eigenvalue weighted by atomic mass is 9.82. The maximum atomic E-state index is 3.65. The Morgan fingerprint density at radius 1 is 1.33 bits per heavy atom. The van der Waals surface area contributed by atoms with Gasteiger partial charge in [0.25, 0.3) is 0 Å². The van der Waals surface area contributed by atoms with Crippen LogP contribution in [0.25, 0.3) is 0 Å². The first kappa shape index (κ1) is 15.7. The molecule has 0 spiro atoms. The standard InChI is InChI=1S/C16H29NS/c1-7-17-15(14-8-9-18-13(14)3)10-12(2)11-16(4,5)6/h8-9,12,15,17H,7,10-11H2,1-6H3. The highest BCUT2D eigenvalue weighted by Crippen LogP contribution is 2.32. The smallest absolute Gasteiger partial charge is 0.0333 e. The molecule has 0 aliphatic rings. The summed E-state index contributed by atoms with van der Waals surface area (Å²) in [5.74, 6) is 0.758. The first-order valence-corrected chi connectivity index (χ1v) is 7.99. The van der Waals surface area contributed by atoms with Crippen LogP contribution in [0.5, 0.6) is 0 Å². The van der Waals surface area contributed by atoms with Crippen molar-refractivity contribution in [2.45, 2.75) is 60.4 Å². The van der Waals surface area contributed by atoms with Gasteiger partial charge in [0.1, 0.15) is 0 Å². The summed E-state index contributed by atoms with van der Waals surface area (Å²) >= 11 is 1.86. The van der Waals surface area contributed by atoms with Crippen LogP contribution < -0.4 is 5.32 Å². The zero-order valence-corrected chi connectivity index (χ0v) is 13.7. The van der Waals surface area contributed by atoms with Gasteiger partial charge in [-0.25, -0.2) is 0 Å². The monoisotopic (exact) mass is 267 g/mol. The van der Waals surface area contributed by atoms with Gasteiger partial charge in [0.2, 0.25) is 0 Å². The highest BCUT2D eigenvalue weighted by Gasteiger charge is 2.21. The molecule has 0 bridgehead atoms. The SMILES string of the molecule is CCNC(CC(C)CC(C)(C)C)c1ccsc1C. The van der Waals surface area contributed by atoms with Gasteiger partial charge in [-0.3, -0.25) is 0 Å². The predicted molar refractivity (Wildman–Crippen MR) is 83.3 cm³/mol. The third-order valence-electron chi connectivity index (χ3n) is 3.32. The van der Waals surface area contributed by atoms with Crippen molar-refractivity contribution in [3.05, 3.63) is 21.9 Å². The van der Waals surface area contributed by atoms with Crippen molar-refractivity contribution in [2.75, 3.05) is 6.54 Å². The first-order valence-electron chi connectivity index (χ1n) is 7.11. The lowest BCUT2D eigenvalue weighted by Gasteiger charge is -2.27. The molecule has 0 radical (unpaired) electrons. The van der Waals surface area contributed by atoms with Crippen molar-refractivity contribution in [2.24, 2.45) is 11.3 Å². The van der Waals surface area contributed by atoms with Crippen molar-refractivity contribution in [3.8, 4) is 0 Å². The third-order valence-corrected chi connectivity index (χ3v) is 4.19. The van der Waals surface area contributed by atoms with Crippen molar-refractivity contribution in [1.82, 2.24) is 5.32 Å². The molecule has 104 valence electrons. The number of rotatable bonds is 6. The summed E-state index contributed by atoms with van der Waals surface area (Å²) in [5.41, 5.74) is 1.93. The van der Waals surface area contributed by atoms with Gasteiger partial charge in [-0.05, 0) is 54.7 Å². The largest absolute Gasteiger partial charge is 0.310 e. The fraction of sp³-hybridized carbons (Fsp3) is 0.750. The van der Waals surface area contributed by atoms with E-state index < -0.39 is 0 Å². The Kier molecular flexibility index (Phi) is 5.87. The number of aryl methyl sites for hydroxylation is 1. The Bertz CT molecular complexity index is 348. The molecule has 1 aromatic heterocycles. The molecule has 1 N–H and O–H groups in total. The molecule has 1 rings (SSSR count). The van der Waals surface area contributed by atoms with E-state index in [0.29, 0.717) is 11.5 Å². The van der Waals surface area contributed by atoms with Crippen molar-refractivity contribution < 1.29 is 0 Å². The van der Waals surface area contributed by atoms with Crippen LogP contribution >= 0.6 is 11.3 Å². The summed E-state index contributed by atoms with van der Waals surface area (Å²) in [6.45, 7) is 14.9. The summed E-state index contributed by atoms with van der Waals surface area (Å²) in [6.07, 6.45) is 2.53. The number of hydrogen-bond donors (Lipinski definition) is 1. The second-order valence-electron chi connectivity index (χ2n) is 6.65. The van der Waals surface area contributed by atoms with Gasteiger partial charge in [-0.15, -0.1) is 11.3 Å². The average Bonchev–Trinajstić information content (AvgIpc) is 2.60. The van der Waals surface area contributed by atoms with Crippen molar-refractivity contribution in [1.29, 1.82) is 0 Å². The van der Waals surface area contributed by atoms with E-state index in [4.69, 9.17) is 0 Å². The summed E-state index contributed by atoms with van der Waals surface area (Å²) in [6, 6.07) is 2.82. The molecule has 0 aliphatic heterocycles. The second-order valence-corrected chi connectivity index (χ2v) is 7.77. The topological polar surface area (TPSA) is 12.0 Å². The second kappa shape index (κ2) is 6.72. The van der Waals surface area contributed by atoms with Crippen LogP contribution in [0.15, 0.2) is 11.4 Å². The number of thiophene rings is 1. The van der Waals surface area contributed by atoms with E-state index in [1.54, 1.807) is 0 Å². The minimum Gasteiger partial charge on any atom is -0.310 e. The Labute approximate surface area is 117 Å². The zero-order valence-electron chi connectivity index (χ0n) is 12.8. The molecule has 0 saturated heterocycles. The van der Waals surface area contributed by atoms with Crippen LogP contribution in [-0.4, -0.2) is 6.54 Å². The van der Waals surface area contributed by atoms with Gasteiger partial charge in [0.15, 0.2) is 0 Å². The molecule has 1 nitrogen and oxygen atoms in total. The summed E-state index contributed by atoms with van der Waals surface area (Å²) in [5, 5.41) is 5.86. The van der Waals surface area contributed by atoms with Crippen LogP contribution in [0.2, 0.25) is 0 Å². The van der Waals surface area contributed by atoms with Crippen LogP contribution in [0.4, 0.5) is 0 Å². The van der Waals surface area contributed by atoms with E-state index in [1.165, 1.54) is 23.3 Å². The molecular formula is C16H29NS. The van der Waals surface area contributed by atoms with Gasteiger partial charge in [0.05, 0.1) is 0 Å². The number of nitrogens with one attached hydrogen (secondary N) is 1. The summed E-state index contributed by atoms with van der Waals surface area (Å²) in [4.78, 5) is 1.46. The summed E-state index contributed by atoms with van der Waals surface area (Å²) < 4.78 is 0. The Morgan fingerprint density at radius 2 is 2.00 bits per heavy atom. The molecule has 1 aromatic rings. The molecule has 2 atom stereocenters. The quantitative estimate of drug-likeness (QED) is 0.750. The van der Waals surface area contributed by atoms with Crippen LogP contribution in [0.1, 0.15) is 63.9 Å². The minimum atomic E-state index is 0.430. The first-order chi connectivity index (χ1) is 8.33. The highest BCUT2D eigenvalue weighted by molar-refractivity contribution is 7.10. The van der Waals surface area contributed by atoms with E-state index in [1.807, 2.05) is 11.3 Å². The van der Waals surface area contributed by atoms with Gasteiger partial charge in [-0.1, -0.05) is 34.6 Å². The predicted octanol–water partition coefficient (Wildman–Crippen LogP) is 5.17. The molecule has 0 saturated carbocycles. The van der Waals surface area contributed by atoms with Gasteiger partial charge >= 0.3 is 0 Å². The lowest BCUT2D eigenvalue weighted by Crippen LogP contribution is -2.24. The third kappa shape index (κ3) is 5.11. The van der Waals surface area contributed by atoms with E-state index in [-0.39, 0.29) is 0 Å². The van der Waals surface area contributed by atoms with E-state index in [9.17, 15) is 0 Å². The average molecular weight is 267 g/mol. The molecule has 2 unspecified atom stereocenters. The van der Waals surface area contributed by atoms with E-state index in [0.717, 1.165) is 12.5 Å². The zero-order chi connectivity index (χ0) is 13.8. The number of hydrogen-bond acceptors (Lipinski definition) is 2. The normalized spacial score (nSPS) is 15.7. The molecule has 0 aromatic carbocycles. The molecule has 0 amide bonds. The molecule has 0 aliphatic carbocycles. The molecule has 2 heteroatoms. The van der Waals surface area contributed by atoms with Gasteiger partial charge in [0, 0.05) is 10.9 Å². The fourth-order valence-corrected chi connectivity index (χ4v) is 3.62. The minimum absolute atomic E-state index is 0.430. The maximum Gasteiger partial charge on any atom is 0.0333 e. The van der Waals surface area contributed by atoms with Crippen molar-refractivity contribution >= 4 is 11.3 Å². The van der Waals surface area contributed by atoms with Gasteiger partial charge in [-0.2, -0.15) is 0 Å². The Hall–Kier alpha value is -0.340. The van der Waals surface area contributed by atoms with Gasteiger partial charge < -0.3 is 5.32 Å². The maximum absolute atomic E-state index is 3.65. The molecule has 0 fully saturated rings. The lowest BCUT2D eigenvalue weighted by molar-refractivity contribution is 0.276. The Balaban J connectivity index is 2.67. The molecule has 18 heavy (non-hydrogen) atoms. The molecular weight excluding hydrogens is 238 g/mol. The van der Waals surface area contributed by atoms with Crippen LogP contribution in [-0.2, 0) is 0 Å². The Morgan fingerprint density at radius 3 is 2.44 bits per heavy atom. The summed E-state index contributed by atoms with van der Waals surface area (Å²) in [7, 11) is 0. The highest BCUT2D eigenvalue weighted by atomic mass is 32.1. The van der Waals surface area contributed by atoms with Crippen molar-refractivity contribution in [3.63, 3.8) is 0 Å². The van der Waals surface area contributed by atoms with Crippen LogP contribution in [0.3, 0.4) is 0 Å². The van der Waals surface area contributed by atoms with E-state index >= 15 is 0 Å². The van der Waals surface area contributed by atoms with Crippen LogP contribution in [0, 0.1) is 18.3 Å². The fourth-order valence-electron chi connectivity index (χ4n) is 2.85. The molecule has 1 heterocycles. The van der Waals surface area contributed by atoms with E-state index in [2.05, 4.69) is 58.3 Å².